The summed E-state index contributed by atoms with van der Waals surface area (Å²) in [6.45, 7) is 0. The van der Waals surface area contributed by atoms with Crippen molar-refractivity contribution in [2.45, 2.75) is 0 Å². The smallest absolute Gasteiger partial charge is 0.143 e. The molecule has 47 heavy (non-hydrogen) atoms. The number of hydrogen-bond acceptors (Lipinski definition) is 1. The molecule has 0 amide bonds. The van der Waals surface area contributed by atoms with Gasteiger partial charge in [-0.2, -0.15) is 0 Å². The first-order valence-electron chi connectivity index (χ1n) is 25.4. The largest absolute Gasteiger partial charge is 0.455 e. The average molecular weight is 619 g/mol. The maximum Gasteiger partial charge on any atom is 0.143 e. The first-order valence-corrected chi connectivity index (χ1v) is 14.4. The van der Waals surface area contributed by atoms with E-state index in [-0.39, 0.29) is 38.8 Å². The summed E-state index contributed by atoms with van der Waals surface area (Å²) in [5.41, 5.74) is -1.44. The van der Waals surface area contributed by atoms with Crippen LogP contribution in [0.5, 0.6) is 0 Å². The lowest BCUT2D eigenvalue weighted by atomic mass is 9.83. The lowest BCUT2D eigenvalue weighted by Gasteiger charge is -2.19. The minimum Gasteiger partial charge on any atom is -0.455 e. The van der Waals surface area contributed by atoms with Gasteiger partial charge in [-0.15, -0.1) is 0 Å². The van der Waals surface area contributed by atoms with Crippen molar-refractivity contribution in [1.29, 1.82) is 0 Å². The highest BCUT2D eigenvalue weighted by atomic mass is 16.3. The Balaban J connectivity index is 1.53. The molecule has 0 aliphatic rings. The van der Waals surface area contributed by atoms with Gasteiger partial charge in [-0.3, -0.25) is 0 Å². The van der Waals surface area contributed by atoms with Crippen molar-refractivity contribution in [3.8, 4) is 33.4 Å². The van der Waals surface area contributed by atoms with E-state index in [0.29, 0.717) is 5.39 Å². The Morgan fingerprint density at radius 3 is 1.72 bits per heavy atom. The highest BCUT2D eigenvalue weighted by Crippen LogP contribution is 2.49. The third-order valence-electron chi connectivity index (χ3n) is 8.31. The summed E-state index contributed by atoms with van der Waals surface area (Å²) >= 11 is 0. The van der Waals surface area contributed by atoms with Crippen LogP contribution >= 0.6 is 0 Å². The van der Waals surface area contributed by atoms with Gasteiger partial charge in [0.1, 0.15) is 11.2 Å². The Bertz CT molecular complexity index is 3990. The number of benzene rings is 9. The number of furan rings is 1. The summed E-state index contributed by atoms with van der Waals surface area (Å²) in [7, 11) is 0. The van der Waals surface area contributed by atoms with Crippen molar-refractivity contribution in [1.82, 2.24) is 0 Å². The summed E-state index contributed by atoms with van der Waals surface area (Å²) in [6.07, 6.45) is 0. The summed E-state index contributed by atoms with van der Waals surface area (Å²) < 4.78 is 204. The number of para-hydroxylation sites is 1. The molecule has 1 aromatic heterocycles. The lowest BCUT2D eigenvalue weighted by Crippen LogP contribution is -1.92. The number of fused-ring (bicyclic) bond motifs is 8. The molecule has 1 heteroatoms. The van der Waals surface area contributed by atoms with E-state index in [4.69, 9.17) is 26.3 Å². The summed E-state index contributed by atoms with van der Waals surface area (Å²) in [4.78, 5) is 0. The fourth-order valence-corrected chi connectivity index (χ4v) is 6.39. The van der Waals surface area contributed by atoms with Crippen molar-refractivity contribution in [2.24, 2.45) is 0 Å². The fourth-order valence-electron chi connectivity index (χ4n) is 6.39. The Morgan fingerprint density at radius 1 is 0.383 bits per heavy atom. The Kier molecular flexibility index (Phi) is 2.71. The lowest BCUT2D eigenvalue weighted by molar-refractivity contribution is 0.670. The van der Waals surface area contributed by atoms with E-state index in [0.717, 1.165) is 0 Å². The van der Waals surface area contributed by atoms with Gasteiger partial charge < -0.3 is 4.42 Å². The molecule has 1 heterocycles. The zero-order valence-corrected chi connectivity index (χ0v) is 23.9. The molecule has 0 aliphatic heterocycles. The minimum absolute atomic E-state index is 0.0517. The van der Waals surface area contributed by atoms with Gasteiger partial charge in [0, 0.05) is 21.9 Å². The van der Waals surface area contributed by atoms with Crippen molar-refractivity contribution in [2.75, 3.05) is 0 Å². The van der Waals surface area contributed by atoms with Crippen molar-refractivity contribution in [3.63, 3.8) is 0 Å². The van der Waals surface area contributed by atoms with Crippen LogP contribution in [-0.4, -0.2) is 0 Å². The third-order valence-corrected chi connectivity index (χ3v) is 8.31. The van der Waals surface area contributed by atoms with Gasteiger partial charge in [0.25, 0.3) is 0 Å². The normalized spacial score (nSPS) is 18.4. The number of rotatable bonds is 3. The molecule has 0 fully saturated rings. The average Bonchev–Trinajstić information content (AvgIpc) is 3.73. The molecule has 0 atom stereocenters. The molecule has 218 valence electrons. The second-order valence-electron chi connectivity index (χ2n) is 10.7. The molecule has 10 rings (SSSR count). The Hall–Kier alpha value is -6.18. The summed E-state index contributed by atoms with van der Waals surface area (Å²) in [5.74, 6) is 0. The van der Waals surface area contributed by atoms with Crippen LogP contribution in [0.3, 0.4) is 0 Å². The molecule has 0 spiro atoms. The van der Waals surface area contributed by atoms with E-state index in [1.54, 1.807) is 24.3 Å². The zero-order valence-electron chi connectivity index (χ0n) is 45.9. The first-order chi connectivity index (χ1) is 32.5. The van der Waals surface area contributed by atoms with Gasteiger partial charge in [0.2, 0.25) is 0 Å². The molecule has 0 unspecified atom stereocenters. The summed E-state index contributed by atoms with van der Waals surface area (Å²) in [6, 6.07) is -7.39. The van der Waals surface area contributed by atoms with E-state index in [1.165, 1.54) is 12.1 Å². The highest BCUT2D eigenvalue weighted by Gasteiger charge is 2.22. The van der Waals surface area contributed by atoms with Crippen LogP contribution in [-0.2, 0) is 0 Å². The SMILES string of the molecule is [2H]c1c([2H])c([2H])c(-c2ccc(-c3c4c([2H])c([2H])c([2H])c([2H])c4c(-c4c([2H])c([2H])c([2H])c5c4c([2H])c([2H])c4c([2H])c([2H])c([2H])c([2H])c45)c4c([2H])c([2H])c([2H])c([2H])c34)c3oc4ccccc4c23)c([2H])c1[2H]. The minimum atomic E-state index is -0.886. The van der Waals surface area contributed by atoms with Crippen molar-refractivity contribution < 1.29 is 34.6 Å². The highest BCUT2D eigenvalue weighted by molar-refractivity contribution is 6.27. The maximum absolute atomic E-state index is 9.57. The van der Waals surface area contributed by atoms with Gasteiger partial charge in [-0.1, -0.05) is 157 Å². The van der Waals surface area contributed by atoms with Gasteiger partial charge in [-0.05, 0) is 77.5 Å². The molecule has 0 saturated heterocycles. The quantitative estimate of drug-likeness (QED) is 0.142. The first kappa shape index (κ1) is 12.5. The second-order valence-corrected chi connectivity index (χ2v) is 10.7. The molecule has 9 aromatic carbocycles. The molecule has 1 nitrogen and oxygen atoms in total. The Labute approximate surface area is 302 Å². The second kappa shape index (κ2) is 10.2. The van der Waals surface area contributed by atoms with Gasteiger partial charge in [-0.25, -0.2) is 0 Å². The monoisotopic (exact) mass is 618 g/mol. The molecule has 0 aliphatic carbocycles. The van der Waals surface area contributed by atoms with E-state index in [2.05, 4.69) is 0 Å². The van der Waals surface area contributed by atoms with Crippen LogP contribution in [0, 0.1) is 0 Å². The number of hydrogen-bond donors (Lipinski definition) is 0. The topological polar surface area (TPSA) is 13.1 Å². The van der Waals surface area contributed by atoms with Crippen molar-refractivity contribution >= 4 is 65.0 Å². The van der Waals surface area contributed by atoms with Crippen LogP contribution in [0.1, 0.15) is 30.2 Å². The van der Waals surface area contributed by atoms with Gasteiger partial charge >= 0.3 is 0 Å². The molecule has 0 N–H and O–H groups in total. The van der Waals surface area contributed by atoms with Crippen LogP contribution in [0.15, 0.2) is 174 Å². The Morgan fingerprint density at radius 2 is 0.979 bits per heavy atom. The molecule has 0 saturated carbocycles. The van der Waals surface area contributed by atoms with Crippen molar-refractivity contribution in [3.05, 3.63) is 169 Å². The molecular formula is C46H28O. The van der Waals surface area contributed by atoms with E-state index in [1.807, 2.05) is 0 Å². The molecular weight excluding hydrogens is 569 g/mol. The predicted octanol–water partition coefficient (Wildman–Crippen LogP) is 13.2. The van der Waals surface area contributed by atoms with E-state index >= 15 is 0 Å². The van der Waals surface area contributed by atoms with E-state index < -0.39 is 187 Å². The van der Waals surface area contributed by atoms with E-state index in [9.17, 15) is 8.22 Å². The van der Waals surface area contributed by atoms with Gasteiger partial charge in [0.05, 0.1) is 30.2 Å². The van der Waals surface area contributed by atoms with Crippen LogP contribution < -0.4 is 0 Å². The predicted molar refractivity (Wildman–Crippen MR) is 200 cm³/mol. The molecule has 0 radical (unpaired) electrons. The van der Waals surface area contributed by atoms with Crippen LogP contribution in [0.25, 0.3) is 98.4 Å². The fraction of sp³-hybridized carbons (Fsp3) is 0. The van der Waals surface area contributed by atoms with Crippen LogP contribution in [0.4, 0.5) is 0 Å². The third kappa shape index (κ3) is 3.84. The van der Waals surface area contributed by atoms with Crippen LogP contribution in [0.2, 0.25) is 0 Å². The molecule has 0 bridgehead atoms. The zero-order chi connectivity index (χ0) is 50.0. The maximum atomic E-state index is 9.57. The summed E-state index contributed by atoms with van der Waals surface area (Å²) in [5, 5.41) is -3.27. The standard InChI is InChI=1S/C46H28O/c1-2-13-29(14-3-1)32-27-28-41(46-45(32)40-21-10-11-24-42(40)47-46)44-38-19-8-6-17-36(38)43(37-18-7-9-20-39(37)44)35-23-12-22-33-31-16-5-4-15-30(31)25-26-34(33)35/h1-28H/i1D,2D,3D,4D,5D,6D,7D,8D,9D,12D,13D,14D,15D,16D,17D,18D,19D,20D,22D,23D,25D,26D. The molecule has 10 aromatic rings. The van der Waals surface area contributed by atoms with Gasteiger partial charge in [0.15, 0.2) is 0 Å².